The van der Waals surface area contributed by atoms with E-state index in [9.17, 15) is 4.79 Å². The van der Waals surface area contributed by atoms with E-state index in [-0.39, 0.29) is 5.97 Å². The zero-order chi connectivity index (χ0) is 12.8. The predicted octanol–water partition coefficient (Wildman–Crippen LogP) is 2.88. The van der Waals surface area contributed by atoms with Crippen LogP contribution < -0.4 is 0 Å². The van der Waals surface area contributed by atoms with Gasteiger partial charge in [-0.25, -0.2) is 9.78 Å². The minimum Gasteiger partial charge on any atom is -0.462 e. The molecule has 4 nitrogen and oxygen atoms in total. The Bertz CT molecular complexity index is 511. The molecule has 0 aliphatic rings. The van der Waals surface area contributed by atoms with E-state index < -0.39 is 0 Å². The molecule has 0 atom stereocenters. The van der Waals surface area contributed by atoms with Crippen molar-refractivity contribution in [2.24, 2.45) is 0 Å². The van der Waals surface area contributed by atoms with E-state index in [1.54, 1.807) is 37.1 Å². The Labute approximate surface area is 110 Å². The maximum atomic E-state index is 11.6. The van der Waals surface area contributed by atoms with Gasteiger partial charge in [-0.15, -0.1) is 0 Å². The zero-order valence-corrected chi connectivity index (χ0v) is 10.9. The molecule has 0 unspecified atom stereocenters. The van der Waals surface area contributed by atoms with Gasteiger partial charge in [-0.1, -0.05) is 23.9 Å². The molecule has 2 aromatic rings. The quantitative estimate of drug-likeness (QED) is 0.665. The number of aromatic nitrogens is 2. The van der Waals surface area contributed by atoms with Gasteiger partial charge in [-0.3, -0.25) is 0 Å². The van der Waals surface area contributed by atoms with Crippen LogP contribution in [-0.2, 0) is 10.5 Å². The molecule has 0 bridgehead atoms. The first-order chi connectivity index (χ1) is 8.79. The van der Waals surface area contributed by atoms with Crippen molar-refractivity contribution in [2.75, 3.05) is 6.61 Å². The van der Waals surface area contributed by atoms with Gasteiger partial charge in [-0.2, -0.15) is 0 Å². The van der Waals surface area contributed by atoms with Crippen molar-refractivity contribution in [1.82, 2.24) is 9.97 Å². The number of carbonyl (C=O) groups excluding carboxylic acids is 1. The molecule has 0 aliphatic carbocycles. The van der Waals surface area contributed by atoms with Crippen LogP contribution in [0.5, 0.6) is 0 Å². The zero-order valence-electron chi connectivity index (χ0n) is 10.1. The highest BCUT2D eigenvalue weighted by Gasteiger charge is 2.07. The number of H-pyrrole nitrogens is 1. The number of rotatable bonds is 5. The minimum atomic E-state index is -0.276. The van der Waals surface area contributed by atoms with Crippen LogP contribution in [0.1, 0.15) is 22.8 Å². The second kappa shape index (κ2) is 6.26. The largest absolute Gasteiger partial charge is 0.462 e. The lowest BCUT2D eigenvalue weighted by Crippen LogP contribution is -2.04. The third kappa shape index (κ3) is 3.37. The van der Waals surface area contributed by atoms with Gasteiger partial charge in [0.15, 0.2) is 5.16 Å². The highest BCUT2D eigenvalue weighted by atomic mass is 32.2. The summed E-state index contributed by atoms with van der Waals surface area (Å²) in [7, 11) is 0. The normalized spacial score (nSPS) is 10.3. The van der Waals surface area contributed by atoms with Crippen molar-refractivity contribution >= 4 is 17.7 Å². The number of benzene rings is 1. The molecular weight excluding hydrogens is 248 g/mol. The molecule has 0 radical (unpaired) electrons. The molecule has 94 valence electrons. The van der Waals surface area contributed by atoms with Gasteiger partial charge in [-0.05, 0) is 24.6 Å². The molecule has 5 heteroatoms. The third-order valence-corrected chi connectivity index (χ3v) is 3.26. The van der Waals surface area contributed by atoms with E-state index in [4.69, 9.17) is 4.74 Å². The highest BCUT2D eigenvalue weighted by Crippen LogP contribution is 2.19. The summed E-state index contributed by atoms with van der Waals surface area (Å²) in [6.45, 7) is 2.19. The summed E-state index contributed by atoms with van der Waals surface area (Å²) in [5, 5.41) is 0.872. The Morgan fingerprint density at radius 3 is 3.11 bits per heavy atom. The number of imidazole rings is 1. The average Bonchev–Trinajstić information content (AvgIpc) is 2.90. The molecule has 1 N–H and O–H groups in total. The van der Waals surface area contributed by atoms with E-state index >= 15 is 0 Å². The molecule has 0 amide bonds. The fraction of sp³-hybridized carbons (Fsp3) is 0.231. The summed E-state index contributed by atoms with van der Waals surface area (Å²) in [4.78, 5) is 18.7. The minimum absolute atomic E-state index is 0.276. The summed E-state index contributed by atoms with van der Waals surface area (Å²) in [6.07, 6.45) is 3.51. The molecule has 2 rings (SSSR count). The molecule has 0 saturated carbocycles. The van der Waals surface area contributed by atoms with E-state index in [0.29, 0.717) is 12.2 Å². The highest BCUT2D eigenvalue weighted by molar-refractivity contribution is 7.98. The maximum Gasteiger partial charge on any atom is 0.338 e. The second-order valence-corrected chi connectivity index (χ2v) is 4.57. The van der Waals surface area contributed by atoms with Crippen LogP contribution in [0.2, 0.25) is 0 Å². The van der Waals surface area contributed by atoms with Crippen molar-refractivity contribution in [3.63, 3.8) is 0 Å². The standard InChI is InChI=1S/C13H14N2O2S/c1-2-17-12(16)11-5-3-4-10(8-11)9-18-13-14-6-7-15-13/h3-8H,2,9H2,1H3,(H,14,15). The van der Waals surface area contributed by atoms with Crippen molar-refractivity contribution < 1.29 is 9.53 Å². The third-order valence-electron chi connectivity index (χ3n) is 2.29. The van der Waals surface area contributed by atoms with E-state index in [2.05, 4.69) is 9.97 Å². The van der Waals surface area contributed by atoms with Gasteiger partial charge in [0.2, 0.25) is 0 Å². The lowest BCUT2D eigenvalue weighted by Gasteiger charge is -2.04. The number of nitrogens with zero attached hydrogens (tertiary/aromatic N) is 1. The number of hydrogen-bond acceptors (Lipinski definition) is 4. The molecule has 18 heavy (non-hydrogen) atoms. The van der Waals surface area contributed by atoms with Crippen molar-refractivity contribution in [3.05, 3.63) is 47.8 Å². The summed E-state index contributed by atoms with van der Waals surface area (Å²) in [6, 6.07) is 7.47. The van der Waals surface area contributed by atoms with Gasteiger partial charge in [0.25, 0.3) is 0 Å². The van der Waals surface area contributed by atoms with Gasteiger partial charge < -0.3 is 9.72 Å². The van der Waals surface area contributed by atoms with Crippen molar-refractivity contribution in [1.29, 1.82) is 0 Å². The summed E-state index contributed by atoms with van der Waals surface area (Å²) >= 11 is 1.60. The van der Waals surface area contributed by atoms with E-state index in [1.165, 1.54) is 0 Å². The smallest absolute Gasteiger partial charge is 0.338 e. The Kier molecular flexibility index (Phi) is 4.41. The lowest BCUT2D eigenvalue weighted by molar-refractivity contribution is 0.0526. The molecular formula is C13H14N2O2S. The van der Waals surface area contributed by atoms with Crippen LogP contribution in [0.25, 0.3) is 0 Å². The average molecular weight is 262 g/mol. The first-order valence-electron chi connectivity index (χ1n) is 5.68. The number of carbonyl (C=O) groups is 1. The number of esters is 1. The molecule has 0 aliphatic heterocycles. The van der Waals surface area contributed by atoms with Crippen molar-refractivity contribution in [3.8, 4) is 0 Å². The number of aromatic amines is 1. The molecule has 1 aromatic carbocycles. The Balaban J connectivity index is 2.01. The first kappa shape index (κ1) is 12.7. The fourth-order valence-corrected chi connectivity index (χ4v) is 2.25. The topological polar surface area (TPSA) is 55.0 Å². The predicted molar refractivity (Wildman–Crippen MR) is 70.5 cm³/mol. The summed E-state index contributed by atoms with van der Waals surface area (Å²) in [5.41, 5.74) is 1.66. The molecule has 1 aromatic heterocycles. The molecule has 0 fully saturated rings. The first-order valence-corrected chi connectivity index (χ1v) is 6.66. The Morgan fingerprint density at radius 2 is 2.39 bits per heavy atom. The summed E-state index contributed by atoms with van der Waals surface area (Å²) < 4.78 is 4.97. The van der Waals surface area contributed by atoms with Crippen LogP contribution in [0.15, 0.2) is 41.8 Å². The Hall–Kier alpha value is -1.75. The van der Waals surface area contributed by atoms with Crippen LogP contribution in [0.3, 0.4) is 0 Å². The molecule has 1 heterocycles. The maximum absolute atomic E-state index is 11.6. The fourth-order valence-electron chi connectivity index (χ4n) is 1.48. The van der Waals surface area contributed by atoms with Crippen molar-refractivity contribution in [2.45, 2.75) is 17.8 Å². The van der Waals surface area contributed by atoms with Crippen LogP contribution >= 0.6 is 11.8 Å². The van der Waals surface area contributed by atoms with Gasteiger partial charge in [0, 0.05) is 18.1 Å². The van der Waals surface area contributed by atoms with E-state index in [1.807, 2.05) is 18.2 Å². The summed E-state index contributed by atoms with van der Waals surface area (Å²) in [5.74, 6) is 0.489. The molecule has 0 saturated heterocycles. The number of ether oxygens (including phenoxy) is 1. The molecule has 0 spiro atoms. The number of nitrogens with one attached hydrogen (secondary N) is 1. The van der Waals surface area contributed by atoms with Crippen LogP contribution in [0, 0.1) is 0 Å². The monoisotopic (exact) mass is 262 g/mol. The Morgan fingerprint density at radius 1 is 1.50 bits per heavy atom. The van der Waals surface area contributed by atoms with Gasteiger partial charge >= 0.3 is 5.97 Å². The van der Waals surface area contributed by atoms with Gasteiger partial charge in [0.05, 0.1) is 12.2 Å². The second-order valence-electron chi connectivity index (χ2n) is 3.60. The SMILES string of the molecule is CCOC(=O)c1cccc(CSc2ncc[nH]2)c1. The van der Waals surface area contributed by atoms with Crippen LogP contribution in [-0.4, -0.2) is 22.5 Å². The number of hydrogen-bond donors (Lipinski definition) is 1. The number of thioether (sulfide) groups is 1. The van der Waals surface area contributed by atoms with Crippen LogP contribution in [0.4, 0.5) is 0 Å². The van der Waals surface area contributed by atoms with Gasteiger partial charge in [0.1, 0.15) is 0 Å². The van der Waals surface area contributed by atoms with E-state index in [0.717, 1.165) is 16.5 Å². The lowest BCUT2D eigenvalue weighted by atomic mass is 10.1.